The summed E-state index contributed by atoms with van der Waals surface area (Å²) in [6, 6.07) is 8.33. The molecule has 0 saturated carbocycles. The Morgan fingerprint density at radius 3 is 2.65 bits per heavy atom. The zero-order valence-corrected chi connectivity index (χ0v) is 15.7. The third kappa shape index (κ3) is 3.08. The minimum Gasteiger partial charge on any atom is -0.130 e. The SMILES string of the molecule is Cc1cccc(C(Cl)c2cc(Br)c(Br)s2)c1I. The van der Waals surface area contributed by atoms with E-state index in [-0.39, 0.29) is 5.38 Å². The number of aryl methyl sites for hydroxylation is 1. The highest BCUT2D eigenvalue weighted by Crippen LogP contribution is 2.41. The topological polar surface area (TPSA) is 0 Å². The molecular formula is C12H8Br2ClIS. The first-order valence-corrected chi connectivity index (χ1v) is 8.76. The van der Waals surface area contributed by atoms with Gasteiger partial charge in [0.25, 0.3) is 0 Å². The minimum absolute atomic E-state index is 0.0885. The second-order valence-corrected chi connectivity index (χ2v) is 8.38. The third-order valence-electron chi connectivity index (χ3n) is 2.41. The van der Waals surface area contributed by atoms with Gasteiger partial charge in [0, 0.05) is 12.9 Å². The van der Waals surface area contributed by atoms with Crippen molar-refractivity contribution in [1.29, 1.82) is 0 Å². The lowest BCUT2D eigenvalue weighted by molar-refractivity contribution is 1.15. The fraction of sp³-hybridized carbons (Fsp3) is 0.167. The second kappa shape index (κ2) is 5.90. The van der Waals surface area contributed by atoms with Crippen molar-refractivity contribution in [2.75, 3.05) is 0 Å². The van der Waals surface area contributed by atoms with E-state index in [0.29, 0.717) is 0 Å². The van der Waals surface area contributed by atoms with Crippen LogP contribution in [0.25, 0.3) is 0 Å². The molecule has 0 aliphatic rings. The van der Waals surface area contributed by atoms with E-state index < -0.39 is 0 Å². The quantitative estimate of drug-likeness (QED) is 0.322. The van der Waals surface area contributed by atoms with Gasteiger partial charge in [-0.25, -0.2) is 0 Å². The summed E-state index contributed by atoms with van der Waals surface area (Å²) in [5.41, 5.74) is 2.44. The Morgan fingerprint density at radius 1 is 1.35 bits per heavy atom. The molecule has 17 heavy (non-hydrogen) atoms. The van der Waals surface area contributed by atoms with Crippen molar-refractivity contribution in [2.45, 2.75) is 12.3 Å². The van der Waals surface area contributed by atoms with E-state index >= 15 is 0 Å². The summed E-state index contributed by atoms with van der Waals surface area (Å²) in [6.07, 6.45) is 0. The summed E-state index contributed by atoms with van der Waals surface area (Å²) < 4.78 is 3.39. The molecular weight excluding hydrogens is 498 g/mol. The minimum atomic E-state index is -0.0885. The lowest BCUT2D eigenvalue weighted by Gasteiger charge is -2.11. The predicted molar refractivity (Wildman–Crippen MR) is 91.3 cm³/mol. The molecule has 0 aliphatic heterocycles. The number of halogens is 4. The van der Waals surface area contributed by atoms with Gasteiger partial charge in [0.15, 0.2) is 0 Å². The Balaban J connectivity index is 2.43. The van der Waals surface area contributed by atoms with Crippen LogP contribution in [0.2, 0.25) is 0 Å². The van der Waals surface area contributed by atoms with Gasteiger partial charge in [0.2, 0.25) is 0 Å². The standard InChI is InChI=1S/C12H8Br2ClIS/c1-6-3-2-4-7(11(6)16)10(15)9-5-8(13)12(14)17-9/h2-5,10H,1H3. The Hall–Kier alpha value is 0.900. The van der Waals surface area contributed by atoms with E-state index in [4.69, 9.17) is 11.6 Å². The fourth-order valence-electron chi connectivity index (χ4n) is 1.51. The molecule has 0 bridgehead atoms. The van der Waals surface area contributed by atoms with Gasteiger partial charge in [0.05, 0.1) is 9.16 Å². The van der Waals surface area contributed by atoms with Gasteiger partial charge in [-0.1, -0.05) is 18.2 Å². The van der Waals surface area contributed by atoms with Crippen LogP contribution in [0.1, 0.15) is 21.4 Å². The van der Waals surface area contributed by atoms with Crippen LogP contribution >= 0.6 is 77.4 Å². The first-order chi connectivity index (χ1) is 8.00. The van der Waals surface area contributed by atoms with Gasteiger partial charge in [-0.15, -0.1) is 22.9 Å². The molecule has 1 atom stereocenters. The van der Waals surface area contributed by atoms with E-state index in [0.717, 1.165) is 13.1 Å². The lowest BCUT2D eigenvalue weighted by atomic mass is 10.1. The van der Waals surface area contributed by atoms with Crippen molar-refractivity contribution in [3.63, 3.8) is 0 Å². The molecule has 5 heteroatoms. The fourth-order valence-corrected chi connectivity index (χ4v) is 4.83. The van der Waals surface area contributed by atoms with Gasteiger partial charge in [0.1, 0.15) is 0 Å². The molecule has 0 aliphatic carbocycles. The van der Waals surface area contributed by atoms with Crippen molar-refractivity contribution in [3.8, 4) is 0 Å². The largest absolute Gasteiger partial charge is 0.130 e. The maximum atomic E-state index is 6.56. The maximum absolute atomic E-state index is 6.56. The van der Waals surface area contributed by atoms with Crippen LogP contribution in [0.15, 0.2) is 32.5 Å². The highest BCUT2D eigenvalue weighted by molar-refractivity contribution is 14.1. The Morgan fingerprint density at radius 2 is 2.06 bits per heavy atom. The molecule has 1 unspecified atom stereocenters. The van der Waals surface area contributed by atoms with Crippen molar-refractivity contribution in [1.82, 2.24) is 0 Å². The van der Waals surface area contributed by atoms with Crippen LogP contribution < -0.4 is 0 Å². The molecule has 90 valence electrons. The summed E-state index contributed by atoms with van der Waals surface area (Å²) in [7, 11) is 0. The van der Waals surface area contributed by atoms with Crippen molar-refractivity contribution in [3.05, 3.63) is 52.1 Å². The maximum Gasteiger partial charge on any atom is 0.0938 e. The van der Waals surface area contributed by atoms with E-state index in [9.17, 15) is 0 Å². The van der Waals surface area contributed by atoms with E-state index in [1.807, 2.05) is 0 Å². The predicted octanol–water partition coefficient (Wildman–Crippen LogP) is 6.51. The van der Waals surface area contributed by atoms with Crippen LogP contribution in [-0.4, -0.2) is 0 Å². The van der Waals surface area contributed by atoms with Crippen molar-refractivity contribution >= 4 is 77.4 Å². The summed E-state index contributed by atoms with van der Waals surface area (Å²) in [6.45, 7) is 2.11. The van der Waals surface area contributed by atoms with Crippen LogP contribution in [0, 0.1) is 10.5 Å². The summed E-state index contributed by atoms with van der Waals surface area (Å²) in [5.74, 6) is 0. The van der Waals surface area contributed by atoms with E-state index in [1.54, 1.807) is 11.3 Å². The molecule has 2 aromatic rings. The average molecular weight is 506 g/mol. The highest BCUT2D eigenvalue weighted by atomic mass is 127. The Kier molecular flexibility index (Phi) is 4.97. The molecule has 0 amide bonds. The first kappa shape index (κ1) is 14.3. The molecule has 2 rings (SSSR count). The Bertz CT molecular complexity index is 534. The first-order valence-electron chi connectivity index (χ1n) is 4.84. The number of hydrogen-bond donors (Lipinski definition) is 0. The molecule has 0 N–H and O–H groups in total. The molecule has 0 radical (unpaired) electrons. The molecule has 1 heterocycles. The number of thiophene rings is 1. The van der Waals surface area contributed by atoms with Crippen LogP contribution in [0.3, 0.4) is 0 Å². The van der Waals surface area contributed by atoms with Crippen LogP contribution in [0.5, 0.6) is 0 Å². The monoisotopic (exact) mass is 504 g/mol. The second-order valence-electron chi connectivity index (χ2n) is 3.61. The van der Waals surface area contributed by atoms with E-state index in [2.05, 4.69) is 85.6 Å². The zero-order valence-electron chi connectivity index (χ0n) is 8.81. The molecule has 0 nitrogen and oxygen atoms in total. The normalized spacial score (nSPS) is 12.8. The average Bonchev–Trinajstić information content (AvgIpc) is 2.62. The number of alkyl halides is 1. The summed E-state index contributed by atoms with van der Waals surface area (Å²) in [5, 5.41) is -0.0885. The highest BCUT2D eigenvalue weighted by Gasteiger charge is 2.18. The third-order valence-corrected chi connectivity index (χ3v) is 7.80. The zero-order chi connectivity index (χ0) is 12.6. The molecule has 1 aromatic heterocycles. The number of rotatable bonds is 2. The van der Waals surface area contributed by atoms with Gasteiger partial charge in [-0.3, -0.25) is 0 Å². The van der Waals surface area contributed by atoms with E-state index in [1.165, 1.54) is 14.7 Å². The molecule has 0 fully saturated rings. The van der Waals surface area contributed by atoms with Gasteiger partial charge < -0.3 is 0 Å². The molecule has 0 spiro atoms. The summed E-state index contributed by atoms with van der Waals surface area (Å²) in [4.78, 5) is 1.15. The van der Waals surface area contributed by atoms with Gasteiger partial charge in [-0.05, 0) is 78.6 Å². The lowest BCUT2D eigenvalue weighted by Crippen LogP contribution is -1.95. The summed E-state index contributed by atoms with van der Waals surface area (Å²) >= 11 is 17.6. The molecule has 1 aromatic carbocycles. The van der Waals surface area contributed by atoms with Crippen LogP contribution in [0.4, 0.5) is 0 Å². The van der Waals surface area contributed by atoms with Crippen molar-refractivity contribution in [2.24, 2.45) is 0 Å². The van der Waals surface area contributed by atoms with Gasteiger partial charge >= 0.3 is 0 Å². The molecule has 0 saturated heterocycles. The van der Waals surface area contributed by atoms with Crippen LogP contribution in [-0.2, 0) is 0 Å². The van der Waals surface area contributed by atoms with Crippen molar-refractivity contribution < 1.29 is 0 Å². The smallest absolute Gasteiger partial charge is 0.0938 e. The number of benzene rings is 1. The van der Waals surface area contributed by atoms with Gasteiger partial charge in [-0.2, -0.15) is 0 Å². The Labute approximate surface area is 140 Å². The number of hydrogen-bond acceptors (Lipinski definition) is 1.